The lowest BCUT2D eigenvalue weighted by atomic mass is 10.3. The zero-order valence-electron chi connectivity index (χ0n) is 7.28. The third kappa shape index (κ3) is 1.37. The molecule has 0 aliphatic heterocycles. The molecule has 1 aromatic rings. The summed E-state index contributed by atoms with van der Waals surface area (Å²) in [5, 5.41) is 8.68. The fourth-order valence-electron chi connectivity index (χ4n) is 1.06. The van der Waals surface area contributed by atoms with Gasteiger partial charge in [0.05, 0.1) is 11.8 Å². The van der Waals surface area contributed by atoms with Gasteiger partial charge in [-0.25, -0.2) is 4.98 Å². The summed E-state index contributed by atoms with van der Waals surface area (Å²) in [5.41, 5.74) is 0.909. The van der Waals surface area contributed by atoms with Gasteiger partial charge in [0.15, 0.2) is 0 Å². The number of imidazole rings is 1. The number of nitrogens with zero attached hydrogens (tertiary/aromatic N) is 3. The first-order valence-corrected chi connectivity index (χ1v) is 3.76. The van der Waals surface area contributed by atoms with E-state index in [0.717, 1.165) is 11.5 Å². The molecular formula is C9H11N3. The highest BCUT2D eigenvalue weighted by Crippen LogP contribution is 2.11. The highest BCUT2D eigenvalue weighted by molar-refractivity contribution is 5.38. The zero-order valence-corrected chi connectivity index (χ0v) is 7.28. The predicted molar refractivity (Wildman–Crippen MR) is 47.4 cm³/mol. The number of nitriles is 1. The maximum Gasteiger partial charge on any atom is 0.133 e. The van der Waals surface area contributed by atoms with Crippen molar-refractivity contribution in [2.45, 2.75) is 19.9 Å². The maximum absolute atomic E-state index is 8.68. The molecule has 0 fully saturated rings. The first-order chi connectivity index (χ1) is 5.69. The molecule has 12 heavy (non-hydrogen) atoms. The molecule has 0 aliphatic rings. The van der Waals surface area contributed by atoms with Crippen LogP contribution in [0, 0.1) is 18.3 Å². The lowest BCUT2D eigenvalue weighted by Gasteiger charge is -2.04. The van der Waals surface area contributed by atoms with Crippen molar-refractivity contribution in [3.8, 4) is 6.07 Å². The second-order valence-corrected chi connectivity index (χ2v) is 2.66. The van der Waals surface area contributed by atoms with Crippen LogP contribution in [0.3, 0.4) is 0 Å². The van der Waals surface area contributed by atoms with E-state index < -0.39 is 0 Å². The average Bonchev–Trinajstić information content (AvgIpc) is 2.45. The van der Waals surface area contributed by atoms with Crippen LogP contribution in [-0.4, -0.2) is 9.55 Å². The number of aryl methyl sites for hydroxylation is 1. The summed E-state index contributed by atoms with van der Waals surface area (Å²) >= 11 is 0. The number of hydrogen-bond acceptors (Lipinski definition) is 2. The van der Waals surface area contributed by atoms with Gasteiger partial charge >= 0.3 is 0 Å². The molecule has 3 heteroatoms. The molecule has 0 spiro atoms. The quantitative estimate of drug-likeness (QED) is 0.665. The van der Waals surface area contributed by atoms with Gasteiger partial charge in [-0.15, -0.1) is 0 Å². The lowest BCUT2D eigenvalue weighted by Crippen LogP contribution is -2.02. The summed E-state index contributed by atoms with van der Waals surface area (Å²) in [6.45, 7) is 7.35. The van der Waals surface area contributed by atoms with Gasteiger partial charge in [-0.2, -0.15) is 5.26 Å². The summed E-state index contributed by atoms with van der Waals surface area (Å²) in [6, 6.07) is 1.96. The summed E-state index contributed by atoms with van der Waals surface area (Å²) in [4.78, 5) is 4.19. The molecule has 62 valence electrons. The molecule has 0 N–H and O–H groups in total. The maximum atomic E-state index is 8.68. The summed E-state index contributed by atoms with van der Waals surface area (Å²) < 4.78 is 1.81. The van der Waals surface area contributed by atoms with Gasteiger partial charge in [0.25, 0.3) is 0 Å². The Morgan fingerprint density at radius 2 is 2.50 bits per heavy atom. The van der Waals surface area contributed by atoms with E-state index in [9.17, 15) is 0 Å². The Kier molecular flexibility index (Phi) is 2.29. The van der Waals surface area contributed by atoms with Crippen molar-refractivity contribution in [2.24, 2.45) is 0 Å². The molecule has 0 aliphatic carbocycles. The molecule has 0 bridgehead atoms. The van der Waals surface area contributed by atoms with Crippen LogP contribution in [-0.2, 0) is 0 Å². The van der Waals surface area contributed by atoms with Crippen molar-refractivity contribution < 1.29 is 0 Å². The first-order valence-electron chi connectivity index (χ1n) is 3.76. The standard InChI is InChI=1S/C9H11N3/c1-4-9-11-7(2)6-12(9)8(3)5-10/h4,6,8H,1H2,2-3H3. The molecule has 1 rings (SSSR count). The van der Waals surface area contributed by atoms with Gasteiger partial charge in [-0.3, -0.25) is 0 Å². The van der Waals surface area contributed by atoms with Gasteiger partial charge in [-0.05, 0) is 19.9 Å². The number of hydrogen-bond donors (Lipinski definition) is 0. The van der Waals surface area contributed by atoms with Gasteiger partial charge in [0.1, 0.15) is 11.9 Å². The normalized spacial score (nSPS) is 12.1. The number of aromatic nitrogens is 2. The van der Waals surface area contributed by atoms with E-state index in [1.54, 1.807) is 6.08 Å². The fraction of sp³-hybridized carbons (Fsp3) is 0.333. The van der Waals surface area contributed by atoms with Crippen LogP contribution in [0.15, 0.2) is 12.8 Å². The van der Waals surface area contributed by atoms with Crippen LogP contribution in [0.2, 0.25) is 0 Å². The van der Waals surface area contributed by atoms with Gasteiger partial charge < -0.3 is 4.57 Å². The third-order valence-electron chi connectivity index (χ3n) is 1.67. The largest absolute Gasteiger partial charge is 0.315 e. The summed E-state index contributed by atoms with van der Waals surface area (Å²) in [5.74, 6) is 0.751. The minimum absolute atomic E-state index is 0.181. The van der Waals surface area contributed by atoms with Crippen molar-refractivity contribution in [3.63, 3.8) is 0 Å². The molecule has 1 heterocycles. The molecular weight excluding hydrogens is 150 g/mol. The van der Waals surface area contributed by atoms with Crippen molar-refractivity contribution >= 4 is 6.08 Å². The van der Waals surface area contributed by atoms with E-state index in [4.69, 9.17) is 5.26 Å². The monoisotopic (exact) mass is 161 g/mol. The van der Waals surface area contributed by atoms with Crippen LogP contribution in [0.4, 0.5) is 0 Å². The molecule has 0 saturated carbocycles. The van der Waals surface area contributed by atoms with Crippen molar-refractivity contribution in [1.29, 1.82) is 5.26 Å². The molecule has 3 nitrogen and oxygen atoms in total. The topological polar surface area (TPSA) is 41.6 Å². The second kappa shape index (κ2) is 3.22. The molecule has 0 saturated heterocycles. The lowest BCUT2D eigenvalue weighted by molar-refractivity contribution is 0.665. The van der Waals surface area contributed by atoms with Crippen molar-refractivity contribution in [3.05, 3.63) is 24.3 Å². The zero-order chi connectivity index (χ0) is 9.14. The second-order valence-electron chi connectivity index (χ2n) is 2.66. The molecule has 1 atom stereocenters. The minimum atomic E-state index is -0.181. The molecule has 0 amide bonds. The van der Waals surface area contributed by atoms with E-state index in [1.165, 1.54) is 0 Å². The van der Waals surface area contributed by atoms with Crippen molar-refractivity contribution in [1.82, 2.24) is 9.55 Å². The van der Waals surface area contributed by atoms with Crippen LogP contribution >= 0.6 is 0 Å². The Bertz CT molecular complexity index is 330. The molecule has 1 unspecified atom stereocenters. The molecule has 0 radical (unpaired) electrons. The van der Waals surface area contributed by atoms with E-state index >= 15 is 0 Å². The van der Waals surface area contributed by atoms with Crippen LogP contribution < -0.4 is 0 Å². The molecule has 0 aromatic carbocycles. The Labute approximate surface area is 72.0 Å². The van der Waals surface area contributed by atoms with Crippen LogP contribution in [0.5, 0.6) is 0 Å². The van der Waals surface area contributed by atoms with Gasteiger partial charge in [0.2, 0.25) is 0 Å². The Morgan fingerprint density at radius 3 is 3.00 bits per heavy atom. The van der Waals surface area contributed by atoms with E-state index in [0.29, 0.717) is 0 Å². The fourth-order valence-corrected chi connectivity index (χ4v) is 1.06. The Balaban J connectivity index is 3.14. The Hall–Kier alpha value is -1.56. The van der Waals surface area contributed by atoms with E-state index in [1.807, 2.05) is 24.6 Å². The van der Waals surface area contributed by atoms with Crippen molar-refractivity contribution in [2.75, 3.05) is 0 Å². The Morgan fingerprint density at radius 1 is 1.83 bits per heavy atom. The van der Waals surface area contributed by atoms with Crippen LogP contribution in [0.1, 0.15) is 24.5 Å². The summed E-state index contributed by atoms with van der Waals surface area (Å²) in [6.07, 6.45) is 3.51. The minimum Gasteiger partial charge on any atom is -0.315 e. The average molecular weight is 161 g/mol. The highest BCUT2D eigenvalue weighted by Gasteiger charge is 2.07. The van der Waals surface area contributed by atoms with Gasteiger partial charge in [0, 0.05) is 6.20 Å². The highest BCUT2D eigenvalue weighted by atomic mass is 15.1. The smallest absolute Gasteiger partial charge is 0.133 e. The third-order valence-corrected chi connectivity index (χ3v) is 1.67. The predicted octanol–water partition coefficient (Wildman–Crippen LogP) is 1.92. The first kappa shape index (κ1) is 8.54. The van der Waals surface area contributed by atoms with E-state index in [2.05, 4.69) is 17.6 Å². The SMILES string of the molecule is C=Cc1nc(C)cn1C(C)C#N. The number of rotatable bonds is 2. The van der Waals surface area contributed by atoms with Crippen LogP contribution in [0.25, 0.3) is 6.08 Å². The molecule has 1 aromatic heterocycles. The van der Waals surface area contributed by atoms with E-state index in [-0.39, 0.29) is 6.04 Å². The van der Waals surface area contributed by atoms with Gasteiger partial charge in [-0.1, -0.05) is 6.58 Å². The summed E-state index contributed by atoms with van der Waals surface area (Å²) in [7, 11) is 0.